The zero-order chi connectivity index (χ0) is 19.9. The number of rotatable bonds is 8. The summed E-state index contributed by atoms with van der Waals surface area (Å²) in [6.07, 6.45) is 8.13. The summed E-state index contributed by atoms with van der Waals surface area (Å²) in [6, 6.07) is 8.19. The van der Waals surface area contributed by atoms with Gasteiger partial charge in [-0.05, 0) is 30.9 Å². The smallest absolute Gasteiger partial charge is 0.236 e. The number of hydrogen-bond donors (Lipinski definition) is 0. The average molecular weight is 385 g/mol. The van der Waals surface area contributed by atoms with E-state index in [1.165, 1.54) is 0 Å². The molecule has 6 heteroatoms. The van der Waals surface area contributed by atoms with Crippen molar-refractivity contribution in [2.75, 3.05) is 26.7 Å². The Balaban J connectivity index is 1.59. The summed E-state index contributed by atoms with van der Waals surface area (Å²) in [4.78, 5) is 16.9. The van der Waals surface area contributed by atoms with Gasteiger partial charge in [-0.1, -0.05) is 31.5 Å². The van der Waals surface area contributed by atoms with Gasteiger partial charge in [0.2, 0.25) is 5.91 Å². The zero-order valence-corrected chi connectivity index (χ0v) is 17.3. The highest BCUT2D eigenvalue weighted by Crippen LogP contribution is 2.26. The van der Waals surface area contributed by atoms with Crippen molar-refractivity contribution in [1.29, 1.82) is 0 Å². The molecule has 2 aromatic rings. The summed E-state index contributed by atoms with van der Waals surface area (Å²) in [7, 11) is 3.79. The Bertz CT molecular complexity index is 773. The van der Waals surface area contributed by atoms with E-state index in [9.17, 15) is 4.79 Å². The Morgan fingerprint density at radius 1 is 1.36 bits per heavy atom. The number of likely N-dealkylation sites (N-methyl/N-ethyl adjacent to an activating group) is 1. The molecule has 152 valence electrons. The van der Waals surface area contributed by atoms with Crippen LogP contribution in [0.25, 0.3) is 0 Å². The highest BCUT2D eigenvalue weighted by molar-refractivity contribution is 5.78. The van der Waals surface area contributed by atoms with Gasteiger partial charge in [-0.15, -0.1) is 0 Å². The lowest BCUT2D eigenvalue weighted by atomic mass is 10.1. The number of amides is 1. The lowest BCUT2D eigenvalue weighted by Crippen LogP contribution is -2.41. The van der Waals surface area contributed by atoms with Crippen LogP contribution < -0.4 is 4.74 Å². The molecule has 3 rings (SSSR count). The molecule has 0 bridgehead atoms. The number of carbonyl (C=O) groups is 1. The average Bonchev–Trinajstić information content (AvgIpc) is 3.01. The van der Waals surface area contributed by atoms with Crippen molar-refractivity contribution in [2.45, 2.75) is 45.3 Å². The molecule has 1 aliphatic rings. The van der Waals surface area contributed by atoms with Crippen LogP contribution in [0.1, 0.15) is 37.3 Å². The van der Waals surface area contributed by atoms with Gasteiger partial charge in [0.05, 0.1) is 12.7 Å². The van der Waals surface area contributed by atoms with Gasteiger partial charge in [0, 0.05) is 45.5 Å². The second kappa shape index (κ2) is 9.73. The third-order valence-corrected chi connectivity index (χ3v) is 5.28. The van der Waals surface area contributed by atoms with Crippen LogP contribution in [0.15, 0.2) is 36.7 Å². The first-order valence-electron chi connectivity index (χ1n) is 10.2. The maximum Gasteiger partial charge on any atom is 0.236 e. The molecular formula is C22H32N4O2. The van der Waals surface area contributed by atoms with Crippen LogP contribution >= 0.6 is 0 Å². The maximum atomic E-state index is 12.8. The normalized spacial score (nSPS) is 16.9. The van der Waals surface area contributed by atoms with E-state index < -0.39 is 0 Å². The van der Waals surface area contributed by atoms with E-state index >= 15 is 0 Å². The molecule has 0 aliphatic carbocycles. The van der Waals surface area contributed by atoms with Crippen molar-refractivity contribution >= 4 is 5.91 Å². The Morgan fingerprint density at radius 2 is 2.18 bits per heavy atom. The first-order chi connectivity index (χ1) is 13.5. The molecule has 28 heavy (non-hydrogen) atoms. The number of hydrogen-bond acceptors (Lipinski definition) is 4. The highest BCUT2D eigenvalue weighted by Gasteiger charge is 2.24. The number of ether oxygens (including phenoxy) is 1. The third-order valence-electron chi connectivity index (χ3n) is 5.28. The fraction of sp³-hybridized carbons (Fsp3) is 0.545. The van der Waals surface area contributed by atoms with E-state index in [-0.39, 0.29) is 12.0 Å². The number of fused-ring (bicyclic) bond motifs is 1. The number of para-hydroxylation sites is 1. The summed E-state index contributed by atoms with van der Waals surface area (Å²) in [5, 5.41) is 4.19. The van der Waals surface area contributed by atoms with Crippen molar-refractivity contribution < 1.29 is 9.53 Å². The second-order valence-corrected chi connectivity index (χ2v) is 7.75. The van der Waals surface area contributed by atoms with Crippen molar-refractivity contribution in [3.63, 3.8) is 0 Å². The monoisotopic (exact) mass is 384 g/mol. The largest absolute Gasteiger partial charge is 0.489 e. The minimum absolute atomic E-state index is 0.136. The van der Waals surface area contributed by atoms with E-state index in [1.807, 2.05) is 49.6 Å². The van der Waals surface area contributed by atoms with Crippen LogP contribution in [0.2, 0.25) is 0 Å². The van der Waals surface area contributed by atoms with Gasteiger partial charge in [-0.2, -0.15) is 5.10 Å². The molecule has 6 nitrogen and oxygen atoms in total. The maximum absolute atomic E-state index is 12.8. The van der Waals surface area contributed by atoms with Gasteiger partial charge in [-0.25, -0.2) is 0 Å². The molecular weight excluding hydrogens is 352 g/mol. The fourth-order valence-electron chi connectivity index (χ4n) is 3.60. The van der Waals surface area contributed by atoms with Crippen LogP contribution in [-0.4, -0.2) is 58.3 Å². The molecule has 1 amide bonds. The van der Waals surface area contributed by atoms with Crippen LogP contribution in [0.3, 0.4) is 0 Å². The third kappa shape index (κ3) is 5.58. The van der Waals surface area contributed by atoms with Gasteiger partial charge in [0.25, 0.3) is 0 Å². The van der Waals surface area contributed by atoms with E-state index in [0.717, 1.165) is 55.6 Å². The molecule has 0 saturated carbocycles. The number of aryl methyl sites for hydroxylation is 1. The summed E-state index contributed by atoms with van der Waals surface area (Å²) in [6.45, 7) is 4.86. The van der Waals surface area contributed by atoms with Crippen molar-refractivity contribution in [1.82, 2.24) is 19.6 Å². The molecule has 2 heterocycles. The van der Waals surface area contributed by atoms with Gasteiger partial charge in [-0.3, -0.25) is 14.4 Å². The van der Waals surface area contributed by atoms with E-state index in [4.69, 9.17) is 4.74 Å². The SMILES string of the molecule is CCCC[C@H]1CN(CC(=O)N(C)CCc2cnn(C)c2)Cc2ccccc2O1. The number of nitrogens with zero attached hydrogens (tertiary/aromatic N) is 4. The van der Waals surface area contributed by atoms with Crippen LogP contribution in [0.4, 0.5) is 0 Å². The first-order valence-corrected chi connectivity index (χ1v) is 10.2. The predicted octanol–water partition coefficient (Wildman–Crippen LogP) is 2.87. The molecule has 0 fully saturated rings. The number of carbonyl (C=O) groups excluding carboxylic acids is 1. The summed E-state index contributed by atoms with van der Waals surface area (Å²) >= 11 is 0. The van der Waals surface area contributed by atoms with Crippen molar-refractivity contribution in [3.8, 4) is 5.75 Å². The van der Waals surface area contributed by atoms with E-state index in [1.54, 1.807) is 4.68 Å². The first kappa shape index (κ1) is 20.4. The van der Waals surface area contributed by atoms with Gasteiger partial charge >= 0.3 is 0 Å². The molecule has 1 aromatic heterocycles. The van der Waals surface area contributed by atoms with Gasteiger partial charge < -0.3 is 9.64 Å². The topological polar surface area (TPSA) is 50.6 Å². The number of unbranched alkanes of at least 4 members (excludes halogenated alkanes) is 1. The Kier molecular flexibility index (Phi) is 7.09. The lowest BCUT2D eigenvalue weighted by molar-refractivity contribution is -0.131. The Hall–Kier alpha value is -2.34. The summed E-state index contributed by atoms with van der Waals surface area (Å²) in [5.41, 5.74) is 2.31. The standard InChI is InChI=1S/C22H32N4O2/c1-4-5-9-20-16-26(15-19-8-6-7-10-21(19)28-20)17-22(27)24(2)12-11-18-13-23-25(3)14-18/h6-8,10,13-14,20H,4-5,9,11-12,15-17H2,1-3H3/t20-/m0/s1. The van der Waals surface area contributed by atoms with Crippen LogP contribution in [0, 0.1) is 0 Å². The summed E-state index contributed by atoms with van der Waals surface area (Å²) < 4.78 is 8.06. The molecule has 1 aliphatic heterocycles. The minimum Gasteiger partial charge on any atom is -0.489 e. The predicted molar refractivity (Wildman–Crippen MR) is 110 cm³/mol. The van der Waals surface area contributed by atoms with Crippen LogP contribution in [0.5, 0.6) is 5.75 Å². The zero-order valence-electron chi connectivity index (χ0n) is 17.3. The molecule has 1 aromatic carbocycles. The lowest BCUT2D eigenvalue weighted by Gasteiger charge is -2.26. The second-order valence-electron chi connectivity index (χ2n) is 7.75. The number of aromatic nitrogens is 2. The Labute approximate surface area is 168 Å². The molecule has 0 radical (unpaired) electrons. The fourth-order valence-corrected chi connectivity index (χ4v) is 3.60. The number of benzene rings is 1. The quantitative estimate of drug-likeness (QED) is 0.702. The van der Waals surface area contributed by atoms with Gasteiger partial charge in [0.15, 0.2) is 0 Å². The van der Waals surface area contributed by atoms with Crippen molar-refractivity contribution in [2.24, 2.45) is 7.05 Å². The molecule has 1 atom stereocenters. The molecule has 0 unspecified atom stereocenters. The molecule has 0 N–H and O–H groups in total. The van der Waals surface area contributed by atoms with Crippen LogP contribution in [-0.2, 0) is 24.8 Å². The molecule has 0 saturated heterocycles. The van der Waals surface area contributed by atoms with E-state index in [0.29, 0.717) is 13.1 Å². The van der Waals surface area contributed by atoms with E-state index in [2.05, 4.69) is 23.0 Å². The minimum atomic E-state index is 0.136. The highest BCUT2D eigenvalue weighted by atomic mass is 16.5. The summed E-state index contributed by atoms with van der Waals surface area (Å²) in [5.74, 6) is 1.11. The Morgan fingerprint density at radius 3 is 2.93 bits per heavy atom. The van der Waals surface area contributed by atoms with Gasteiger partial charge in [0.1, 0.15) is 11.9 Å². The molecule has 0 spiro atoms. The van der Waals surface area contributed by atoms with Crippen molar-refractivity contribution in [3.05, 3.63) is 47.8 Å².